The molecule has 22 heavy (non-hydrogen) atoms. The number of carbonyl (C=O) groups is 1. The van der Waals surface area contributed by atoms with Crippen LogP contribution in [0.25, 0.3) is 0 Å². The van der Waals surface area contributed by atoms with Crippen molar-refractivity contribution in [3.8, 4) is 0 Å². The summed E-state index contributed by atoms with van der Waals surface area (Å²) < 4.78 is 0. The highest BCUT2D eigenvalue weighted by Crippen LogP contribution is 2.24. The summed E-state index contributed by atoms with van der Waals surface area (Å²) in [5.74, 6) is -0.128. The van der Waals surface area contributed by atoms with E-state index in [-0.39, 0.29) is 18.3 Å². The van der Waals surface area contributed by atoms with Crippen molar-refractivity contribution in [2.75, 3.05) is 5.32 Å². The lowest BCUT2D eigenvalue weighted by Gasteiger charge is -2.13. The van der Waals surface area contributed by atoms with Crippen molar-refractivity contribution >= 4 is 24.0 Å². The fourth-order valence-electron chi connectivity index (χ4n) is 2.85. The summed E-state index contributed by atoms with van der Waals surface area (Å²) in [5.41, 5.74) is 10.7. The first-order chi connectivity index (χ1) is 10.2. The third kappa shape index (κ3) is 3.87. The lowest BCUT2D eigenvalue weighted by Crippen LogP contribution is -2.37. The van der Waals surface area contributed by atoms with Crippen LogP contribution in [0.5, 0.6) is 0 Å². The third-order valence-corrected chi connectivity index (χ3v) is 4.00. The van der Waals surface area contributed by atoms with Gasteiger partial charge in [-0.2, -0.15) is 0 Å². The fourth-order valence-corrected chi connectivity index (χ4v) is 2.85. The summed E-state index contributed by atoms with van der Waals surface area (Å²) in [6.45, 7) is 0. The Bertz CT molecular complexity index is 643. The minimum Gasteiger partial charge on any atom is -0.325 e. The van der Waals surface area contributed by atoms with Crippen LogP contribution in [0.3, 0.4) is 0 Å². The molecule has 1 amide bonds. The van der Waals surface area contributed by atoms with Crippen LogP contribution in [0.1, 0.15) is 23.1 Å². The molecule has 0 aliphatic heterocycles. The van der Waals surface area contributed by atoms with E-state index in [1.807, 2.05) is 36.4 Å². The molecule has 0 saturated heterocycles. The molecule has 2 aromatic rings. The van der Waals surface area contributed by atoms with Gasteiger partial charge >= 0.3 is 0 Å². The molecule has 0 heterocycles. The second-order valence-corrected chi connectivity index (χ2v) is 5.62. The van der Waals surface area contributed by atoms with Gasteiger partial charge in [0, 0.05) is 5.69 Å². The largest absolute Gasteiger partial charge is 0.325 e. The Morgan fingerprint density at radius 2 is 1.82 bits per heavy atom. The molecule has 0 radical (unpaired) electrons. The van der Waals surface area contributed by atoms with Crippen LogP contribution in [-0.2, 0) is 24.1 Å². The Balaban J connectivity index is 0.00000176. The third-order valence-electron chi connectivity index (χ3n) is 4.00. The van der Waals surface area contributed by atoms with Crippen molar-refractivity contribution in [3.63, 3.8) is 0 Å². The number of hydrogen-bond donors (Lipinski definition) is 2. The summed E-state index contributed by atoms with van der Waals surface area (Å²) in [7, 11) is 0. The van der Waals surface area contributed by atoms with E-state index in [1.165, 1.54) is 17.5 Å². The maximum absolute atomic E-state index is 12.2. The number of fused-ring (bicyclic) bond motifs is 1. The van der Waals surface area contributed by atoms with E-state index in [4.69, 9.17) is 5.73 Å². The van der Waals surface area contributed by atoms with Gasteiger partial charge in [-0.05, 0) is 54.5 Å². The topological polar surface area (TPSA) is 55.1 Å². The van der Waals surface area contributed by atoms with Crippen molar-refractivity contribution in [2.24, 2.45) is 5.73 Å². The van der Waals surface area contributed by atoms with Gasteiger partial charge < -0.3 is 11.1 Å². The average Bonchev–Trinajstić information content (AvgIpc) is 2.95. The van der Waals surface area contributed by atoms with Gasteiger partial charge in [0.1, 0.15) is 0 Å². The molecule has 4 heteroatoms. The van der Waals surface area contributed by atoms with Crippen molar-refractivity contribution in [3.05, 3.63) is 65.2 Å². The van der Waals surface area contributed by atoms with Gasteiger partial charge in [-0.15, -0.1) is 12.4 Å². The van der Waals surface area contributed by atoms with Crippen LogP contribution in [0.2, 0.25) is 0 Å². The van der Waals surface area contributed by atoms with E-state index in [0.29, 0.717) is 6.42 Å². The number of carbonyl (C=O) groups excluding carboxylic acids is 1. The van der Waals surface area contributed by atoms with Crippen molar-refractivity contribution in [1.82, 2.24) is 0 Å². The summed E-state index contributed by atoms with van der Waals surface area (Å²) in [6.07, 6.45) is 4.02. The molecular weight excluding hydrogens is 296 g/mol. The van der Waals surface area contributed by atoms with Crippen LogP contribution in [0.15, 0.2) is 48.5 Å². The molecule has 1 atom stereocenters. The second kappa shape index (κ2) is 7.43. The molecule has 3 rings (SSSR count). The van der Waals surface area contributed by atoms with Crippen molar-refractivity contribution in [2.45, 2.75) is 31.7 Å². The van der Waals surface area contributed by atoms with E-state index < -0.39 is 6.04 Å². The van der Waals surface area contributed by atoms with Crippen molar-refractivity contribution < 1.29 is 4.79 Å². The molecule has 0 spiro atoms. The Morgan fingerprint density at radius 3 is 2.59 bits per heavy atom. The minimum absolute atomic E-state index is 0. The molecule has 3 nitrogen and oxygen atoms in total. The Morgan fingerprint density at radius 1 is 1.09 bits per heavy atom. The number of benzene rings is 2. The van der Waals surface area contributed by atoms with Crippen LogP contribution in [-0.4, -0.2) is 11.9 Å². The van der Waals surface area contributed by atoms with Gasteiger partial charge in [0.2, 0.25) is 5.91 Å². The summed E-state index contributed by atoms with van der Waals surface area (Å²) >= 11 is 0. The predicted molar refractivity (Wildman–Crippen MR) is 92.5 cm³/mol. The van der Waals surface area contributed by atoms with Crippen LogP contribution in [0, 0.1) is 0 Å². The number of halogens is 1. The zero-order valence-corrected chi connectivity index (χ0v) is 13.2. The molecule has 116 valence electrons. The van der Waals surface area contributed by atoms with E-state index in [2.05, 4.69) is 17.4 Å². The van der Waals surface area contributed by atoms with E-state index in [0.717, 1.165) is 24.1 Å². The second-order valence-electron chi connectivity index (χ2n) is 5.62. The zero-order chi connectivity index (χ0) is 14.7. The normalized spacial score (nSPS) is 13.9. The van der Waals surface area contributed by atoms with E-state index >= 15 is 0 Å². The standard InChI is InChI=1S/C18H20N2O.ClH/c19-17(11-13-5-2-1-3-6-13)18(21)20-16-10-9-14-7-4-8-15(14)12-16;/h1-3,5-6,9-10,12,17H,4,7-8,11,19H2,(H,20,21);1H. The van der Waals surface area contributed by atoms with Gasteiger partial charge in [0.25, 0.3) is 0 Å². The van der Waals surface area contributed by atoms with E-state index in [9.17, 15) is 4.79 Å². The molecule has 0 bridgehead atoms. The number of nitrogens with two attached hydrogens (primary N) is 1. The van der Waals surface area contributed by atoms with Gasteiger partial charge in [0.15, 0.2) is 0 Å². The van der Waals surface area contributed by atoms with Gasteiger partial charge in [0.05, 0.1) is 6.04 Å². The maximum atomic E-state index is 12.2. The molecule has 0 aromatic heterocycles. The number of rotatable bonds is 4. The molecule has 3 N–H and O–H groups in total. The summed E-state index contributed by atoms with van der Waals surface area (Å²) in [5, 5.41) is 2.93. The fraction of sp³-hybridized carbons (Fsp3) is 0.278. The lowest BCUT2D eigenvalue weighted by molar-refractivity contribution is -0.117. The first-order valence-electron chi connectivity index (χ1n) is 7.44. The molecule has 0 saturated carbocycles. The van der Waals surface area contributed by atoms with E-state index in [1.54, 1.807) is 0 Å². The number of anilines is 1. The number of aryl methyl sites for hydroxylation is 2. The highest BCUT2D eigenvalue weighted by atomic mass is 35.5. The van der Waals surface area contributed by atoms with Gasteiger partial charge in [-0.3, -0.25) is 4.79 Å². The first kappa shape index (κ1) is 16.5. The predicted octanol–water partition coefficient (Wildman–Crippen LogP) is 3.11. The quantitative estimate of drug-likeness (QED) is 0.910. The highest BCUT2D eigenvalue weighted by molar-refractivity contribution is 5.95. The molecule has 1 aliphatic carbocycles. The number of amides is 1. The van der Waals surface area contributed by atoms with Gasteiger partial charge in [-0.1, -0.05) is 36.4 Å². The highest BCUT2D eigenvalue weighted by Gasteiger charge is 2.16. The summed E-state index contributed by atoms with van der Waals surface area (Å²) in [6, 6.07) is 15.5. The molecule has 1 unspecified atom stereocenters. The van der Waals surface area contributed by atoms with Crippen LogP contribution < -0.4 is 11.1 Å². The molecule has 2 aromatic carbocycles. The monoisotopic (exact) mass is 316 g/mol. The first-order valence-corrected chi connectivity index (χ1v) is 7.44. The Kier molecular flexibility index (Phi) is 5.58. The minimum atomic E-state index is -0.527. The van der Waals surface area contributed by atoms with Crippen molar-refractivity contribution in [1.29, 1.82) is 0 Å². The van der Waals surface area contributed by atoms with Gasteiger partial charge in [-0.25, -0.2) is 0 Å². The van der Waals surface area contributed by atoms with Crippen LogP contribution >= 0.6 is 12.4 Å². The SMILES string of the molecule is Cl.NC(Cc1ccccc1)C(=O)Nc1ccc2c(c1)CCC2. The Hall–Kier alpha value is -1.84. The average molecular weight is 317 g/mol. The van der Waals surface area contributed by atoms with Crippen LogP contribution in [0.4, 0.5) is 5.69 Å². The molecule has 1 aliphatic rings. The maximum Gasteiger partial charge on any atom is 0.241 e. The number of hydrogen-bond acceptors (Lipinski definition) is 2. The smallest absolute Gasteiger partial charge is 0.241 e. The Labute approximate surface area is 137 Å². The summed E-state index contributed by atoms with van der Waals surface area (Å²) in [4.78, 5) is 12.2. The molecular formula is C18H21ClN2O. The lowest BCUT2D eigenvalue weighted by atomic mass is 10.1. The molecule has 0 fully saturated rings. The zero-order valence-electron chi connectivity index (χ0n) is 12.4. The number of nitrogens with one attached hydrogen (secondary N) is 1.